The van der Waals surface area contributed by atoms with Gasteiger partial charge in [-0.3, -0.25) is 4.90 Å². The van der Waals surface area contributed by atoms with Crippen LogP contribution < -0.4 is 5.73 Å². The Balaban J connectivity index is 2.15. The highest BCUT2D eigenvalue weighted by Gasteiger charge is 2.32. The summed E-state index contributed by atoms with van der Waals surface area (Å²) >= 11 is 0. The molecule has 1 saturated heterocycles. The molecule has 1 fully saturated rings. The highest BCUT2D eigenvalue weighted by molar-refractivity contribution is 5.20. The molecule has 1 aliphatic heterocycles. The van der Waals surface area contributed by atoms with Gasteiger partial charge in [-0.2, -0.15) is 0 Å². The standard InChI is InChI=1S/C14H21FN2O/c1-14(18)7-2-8-17(10-14)13(9-16)11-3-5-12(15)6-4-11/h3-6,13,18H,2,7-10,16H2,1H3. The predicted octanol–water partition coefficient (Wildman–Crippen LogP) is 1.67. The number of nitrogens with two attached hydrogens (primary N) is 1. The van der Waals surface area contributed by atoms with Gasteiger partial charge >= 0.3 is 0 Å². The molecule has 100 valence electrons. The second-order valence-electron chi connectivity index (χ2n) is 5.37. The van der Waals surface area contributed by atoms with Gasteiger partial charge in [0.2, 0.25) is 0 Å². The number of benzene rings is 1. The Labute approximate surface area is 107 Å². The topological polar surface area (TPSA) is 49.5 Å². The van der Waals surface area contributed by atoms with E-state index in [1.165, 1.54) is 12.1 Å². The molecule has 3 N–H and O–H groups in total. The van der Waals surface area contributed by atoms with Gasteiger partial charge in [0.25, 0.3) is 0 Å². The molecule has 1 heterocycles. The van der Waals surface area contributed by atoms with E-state index in [4.69, 9.17) is 5.73 Å². The van der Waals surface area contributed by atoms with E-state index >= 15 is 0 Å². The Morgan fingerprint density at radius 3 is 2.67 bits per heavy atom. The van der Waals surface area contributed by atoms with Crippen molar-refractivity contribution < 1.29 is 9.50 Å². The molecule has 0 saturated carbocycles. The van der Waals surface area contributed by atoms with E-state index in [1.54, 1.807) is 12.1 Å². The highest BCUT2D eigenvalue weighted by Crippen LogP contribution is 2.28. The molecule has 0 spiro atoms. The van der Waals surface area contributed by atoms with Gasteiger partial charge < -0.3 is 10.8 Å². The zero-order valence-electron chi connectivity index (χ0n) is 10.8. The number of piperidine rings is 1. The van der Waals surface area contributed by atoms with Crippen molar-refractivity contribution in [2.75, 3.05) is 19.6 Å². The van der Waals surface area contributed by atoms with Crippen molar-refractivity contribution in [3.8, 4) is 0 Å². The summed E-state index contributed by atoms with van der Waals surface area (Å²) in [6.07, 6.45) is 1.79. The first kappa shape index (κ1) is 13.5. The lowest BCUT2D eigenvalue weighted by Gasteiger charge is -2.41. The molecule has 0 radical (unpaired) electrons. The average molecular weight is 252 g/mol. The zero-order valence-corrected chi connectivity index (χ0v) is 10.8. The molecule has 4 heteroatoms. The maximum atomic E-state index is 12.9. The minimum Gasteiger partial charge on any atom is -0.389 e. The van der Waals surface area contributed by atoms with E-state index in [-0.39, 0.29) is 11.9 Å². The maximum Gasteiger partial charge on any atom is 0.123 e. The Kier molecular flexibility index (Phi) is 4.00. The van der Waals surface area contributed by atoms with Crippen LogP contribution in [0.15, 0.2) is 24.3 Å². The lowest BCUT2D eigenvalue weighted by Crippen LogP contribution is -2.48. The summed E-state index contributed by atoms with van der Waals surface area (Å²) in [6.45, 7) is 3.88. The van der Waals surface area contributed by atoms with E-state index in [1.807, 2.05) is 6.92 Å². The molecule has 18 heavy (non-hydrogen) atoms. The van der Waals surface area contributed by atoms with Gasteiger partial charge in [-0.1, -0.05) is 12.1 Å². The van der Waals surface area contributed by atoms with Crippen molar-refractivity contribution in [1.82, 2.24) is 4.90 Å². The summed E-state index contributed by atoms with van der Waals surface area (Å²) in [7, 11) is 0. The molecule has 1 aromatic carbocycles. The third-order valence-corrected chi connectivity index (χ3v) is 3.62. The van der Waals surface area contributed by atoms with Crippen LogP contribution in [0, 0.1) is 5.82 Å². The second kappa shape index (κ2) is 5.34. The van der Waals surface area contributed by atoms with Crippen molar-refractivity contribution in [3.63, 3.8) is 0 Å². The largest absolute Gasteiger partial charge is 0.389 e. The highest BCUT2D eigenvalue weighted by atomic mass is 19.1. The van der Waals surface area contributed by atoms with Gasteiger partial charge in [0.1, 0.15) is 5.82 Å². The lowest BCUT2D eigenvalue weighted by atomic mass is 9.92. The summed E-state index contributed by atoms with van der Waals surface area (Å²) in [6, 6.07) is 6.52. The number of aliphatic hydroxyl groups is 1. The average Bonchev–Trinajstić information content (AvgIpc) is 2.31. The summed E-state index contributed by atoms with van der Waals surface area (Å²) in [4.78, 5) is 2.19. The van der Waals surface area contributed by atoms with E-state index in [9.17, 15) is 9.50 Å². The second-order valence-corrected chi connectivity index (χ2v) is 5.37. The molecular formula is C14H21FN2O. The normalized spacial score (nSPS) is 27.1. The first-order valence-corrected chi connectivity index (χ1v) is 6.44. The number of rotatable bonds is 3. The quantitative estimate of drug-likeness (QED) is 0.860. The number of likely N-dealkylation sites (tertiary alicyclic amines) is 1. The number of β-amino-alcohol motifs (C(OH)–C–C–N with tert-alkyl or cyclic N) is 1. The maximum absolute atomic E-state index is 12.9. The van der Waals surface area contributed by atoms with Gasteiger partial charge in [-0.15, -0.1) is 0 Å². The third-order valence-electron chi connectivity index (χ3n) is 3.62. The Morgan fingerprint density at radius 2 is 2.11 bits per heavy atom. The van der Waals surface area contributed by atoms with Gasteiger partial charge in [0, 0.05) is 19.1 Å². The Bertz CT molecular complexity index is 391. The van der Waals surface area contributed by atoms with E-state index < -0.39 is 5.60 Å². The van der Waals surface area contributed by atoms with Gasteiger partial charge in [-0.25, -0.2) is 4.39 Å². The van der Waals surface area contributed by atoms with Crippen LogP contribution in [-0.4, -0.2) is 35.2 Å². The summed E-state index contributed by atoms with van der Waals surface area (Å²) < 4.78 is 12.9. The van der Waals surface area contributed by atoms with E-state index in [0.717, 1.165) is 24.9 Å². The Hall–Kier alpha value is -0.970. The van der Waals surface area contributed by atoms with Crippen molar-refractivity contribution in [1.29, 1.82) is 0 Å². The molecule has 2 atom stereocenters. The van der Waals surface area contributed by atoms with Crippen LogP contribution in [0.3, 0.4) is 0 Å². The van der Waals surface area contributed by atoms with Crippen LogP contribution in [0.5, 0.6) is 0 Å². The third kappa shape index (κ3) is 3.07. The molecular weight excluding hydrogens is 231 g/mol. The minimum atomic E-state index is -0.647. The predicted molar refractivity (Wildman–Crippen MR) is 69.6 cm³/mol. The van der Waals surface area contributed by atoms with Crippen LogP contribution in [0.25, 0.3) is 0 Å². The van der Waals surface area contributed by atoms with E-state index in [0.29, 0.717) is 13.1 Å². The van der Waals surface area contributed by atoms with Crippen LogP contribution in [0.2, 0.25) is 0 Å². The van der Waals surface area contributed by atoms with Gasteiger partial charge in [0.05, 0.1) is 5.60 Å². The molecule has 1 aromatic rings. The van der Waals surface area contributed by atoms with E-state index in [2.05, 4.69) is 4.90 Å². The van der Waals surface area contributed by atoms with Crippen LogP contribution in [0.4, 0.5) is 4.39 Å². The van der Waals surface area contributed by atoms with Crippen molar-refractivity contribution in [2.24, 2.45) is 5.73 Å². The fourth-order valence-corrected chi connectivity index (χ4v) is 2.71. The molecule has 2 unspecified atom stereocenters. The summed E-state index contributed by atoms with van der Waals surface area (Å²) in [5, 5.41) is 10.1. The van der Waals surface area contributed by atoms with Crippen LogP contribution >= 0.6 is 0 Å². The first-order valence-electron chi connectivity index (χ1n) is 6.44. The molecule has 0 bridgehead atoms. The first-order chi connectivity index (χ1) is 8.52. The molecule has 0 amide bonds. The summed E-state index contributed by atoms with van der Waals surface area (Å²) in [5.41, 5.74) is 6.21. The number of nitrogens with zero attached hydrogens (tertiary/aromatic N) is 1. The zero-order chi connectivity index (χ0) is 13.2. The van der Waals surface area contributed by atoms with Crippen molar-refractivity contribution in [2.45, 2.75) is 31.4 Å². The molecule has 1 aliphatic rings. The van der Waals surface area contributed by atoms with Crippen molar-refractivity contribution >= 4 is 0 Å². The number of hydrogen-bond acceptors (Lipinski definition) is 3. The molecule has 0 aliphatic carbocycles. The van der Waals surface area contributed by atoms with Crippen molar-refractivity contribution in [3.05, 3.63) is 35.6 Å². The fourth-order valence-electron chi connectivity index (χ4n) is 2.71. The van der Waals surface area contributed by atoms with Gasteiger partial charge in [0.15, 0.2) is 0 Å². The lowest BCUT2D eigenvalue weighted by molar-refractivity contribution is -0.0293. The van der Waals surface area contributed by atoms with Crippen LogP contribution in [-0.2, 0) is 0 Å². The molecule has 2 rings (SSSR count). The smallest absolute Gasteiger partial charge is 0.123 e. The van der Waals surface area contributed by atoms with Crippen LogP contribution in [0.1, 0.15) is 31.4 Å². The van der Waals surface area contributed by atoms with Gasteiger partial charge in [-0.05, 0) is 44.0 Å². The number of halogens is 1. The monoisotopic (exact) mass is 252 g/mol. The molecule has 0 aromatic heterocycles. The fraction of sp³-hybridized carbons (Fsp3) is 0.571. The Morgan fingerprint density at radius 1 is 1.44 bits per heavy atom. The SMILES string of the molecule is CC1(O)CCCN(C(CN)c2ccc(F)cc2)C1. The number of hydrogen-bond donors (Lipinski definition) is 2. The minimum absolute atomic E-state index is 0.0531. The molecule has 3 nitrogen and oxygen atoms in total. The summed E-state index contributed by atoms with van der Waals surface area (Å²) in [5.74, 6) is -0.236.